The monoisotopic (exact) mass is 484 g/mol. The van der Waals surface area contributed by atoms with Crippen molar-refractivity contribution in [3.63, 3.8) is 0 Å². The normalized spacial score (nSPS) is 10.9. The Bertz CT molecular complexity index is 1160. The summed E-state index contributed by atoms with van der Waals surface area (Å²) in [5, 5.41) is 8.95. The van der Waals surface area contributed by atoms with Gasteiger partial charge in [-0.2, -0.15) is 0 Å². The van der Waals surface area contributed by atoms with Crippen molar-refractivity contribution < 1.29 is 14.6 Å². The molecule has 3 aromatic rings. The van der Waals surface area contributed by atoms with Crippen LogP contribution in [-0.2, 0) is 28.8 Å². The minimum atomic E-state index is -0.525. The number of aliphatic hydroxyl groups is 1. The third-order valence-electron chi connectivity index (χ3n) is 6.80. The Kier molecular flexibility index (Phi) is 10.5. The summed E-state index contributed by atoms with van der Waals surface area (Å²) in [5.41, 5.74) is 10.4. The van der Waals surface area contributed by atoms with Crippen molar-refractivity contribution in [3.05, 3.63) is 95.1 Å². The summed E-state index contributed by atoms with van der Waals surface area (Å²) in [5.74, 6) is -0.525. The summed E-state index contributed by atoms with van der Waals surface area (Å²) in [6.07, 6.45) is 7.51. The van der Waals surface area contributed by atoms with Crippen LogP contribution >= 0.6 is 0 Å². The van der Waals surface area contributed by atoms with E-state index in [-0.39, 0.29) is 12.2 Å². The highest BCUT2D eigenvalue weighted by molar-refractivity contribution is 5.87. The van der Waals surface area contributed by atoms with E-state index in [9.17, 15) is 4.79 Å². The Morgan fingerprint density at radius 2 is 1.56 bits per heavy atom. The molecule has 0 aromatic heterocycles. The first-order valence-electron chi connectivity index (χ1n) is 13.2. The molecule has 0 aliphatic heterocycles. The van der Waals surface area contributed by atoms with E-state index in [1.54, 1.807) is 0 Å². The van der Waals surface area contributed by atoms with E-state index in [0.29, 0.717) is 6.61 Å². The highest BCUT2D eigenvalue weighted by atomic mass is 16.5. The van der Waals surface area contributed by atoms with Gasteiger partial charge in [0.25, 0.3) is 0 Å². The minimum absolute atomic E-state index is 0.0905. The van der Waals surface area contributed by atoms with Crippen molar-refractivity contribution in [1.82, 2.24) is 0 Å². The molecular formula is C33H40O3. The average molecular weight is 485 g/mol. The molecule has 1 N–H and O–H groups in total. The molecule has 3 rings (SSSR count). The summed E-state index contributed by atoms with van der Waals surface area (Å²) < 4.78 is 5.16. The summed E-state index contributed by atoms with van der Waals surface area (Å²) >= 11 is 0. The molecule has 0 fully saturated rings. The van der Waals surface area contributed by atoms with Crippen molar-refractivity contribution in [1.29, 1.82) is 0 Å². The van der Waals surface area contributed by atoms with E-state index >= 15 is 0 Å². The van der Waals surface area contributed by atoms with Gasteiger partial charge in [-0.1, -0.05) is 93.9 Å². The third kappa shape index (κ3) is 7.41. The standard InChI is InChI=1S/C33H40O3/c1-5-7-8-10-26-12-14-29(15-13-26)30-18-19-32(27(6-2)22-30)31-17-16-28(24(3)21-31)11-9-20-36-33(35)25(4)23-34/h12-19,21-22,34H,4-11,20,23H2,1-3H3. The third-order valence-corrected chi connectivity index (χ3v) is 6.80. The molecule has 0 atom stereocenters. The van der Waals surface area contributed by atoms with E-state index in [4.69, 9.17) is 9.84 Å². The number of ether oxygens (including phenoxy) is 1. The molecule has 0 unspecified atom stereocenters. The van der Waals surface area contributed by atoms with Crippen molar-refractivity contribution >= 4 is 5.97 Å². The number of carbonyl (C=O) groups is 1. The minimum Gasteiger partial charge on any atom is -0.462 e. The van der Waals surface area contributed by atoms with Crippen LogP contribution in [0.25, 0.3) is 22.3 Å². The zero-order valence-corrected chi connectivity index (χ0v) is 22.1. The lowest BCUT2D eigenvalue weighted by Gasteiger charge is -2.14. The van der Waals surface area contributed by atoms with Gasteiger partial charge in [-0.3, -0.25) is 0 Å². The van der Waals surface area contributed by atoms with E-state index in [1.807, 2.05) is 0 Å². The number of benzene rings is 3. The number of hydrogen-bond acceptors (Lipinski definition) is 3. The molecule has 0 bridgehead atoms. The Morgan fingerprint density at radius 1 is 0.833 bits per heavy atom. The first-order chi connectivity index (χ1) is 17.5. The molecule has 0 aliphatic rings. The lowest BCUT2D eigenvalue weighted by Crippen LogP contribution is -2.11. The van der Waals surface area contributed by atoms with Crippen LogP contribution in [0.1, 0.15) is 61.8 Å². The van der Waals surface area contributed by atoms with E-state index < -0.39 is 5.97 Å². The zero-order chi connectivity index (χ0) is 25.9. The highest BCUT2D eigenvalue weighted by Crippen LogP contribution is 2.31. The van der Waals surface area contributed by atoms with Crippen molar-refractivity contribution in [3.8, 4) is 22.3 Å². The van der Waals surface area contributed by atoms with Gasteiger partial charge < -0.3 is 9.84 Å². The van der Waals surface area contributed by atoms with Crippen molar-refractivity contribution in [2.75, 3.05) is 13.2 Å². The predicted octanol–water partition coefficient (Wildman–Crippen LogP) is 7.65. The second kappa shape index (κ2) is 13.8. The van der Waals surface area contributed by atoms with Gasteiger partial charge in [0.2, 0.25) is 0 Å². The molecule has 0 spiro atoms. The average Bonchev–Trinajstić information content (AvgIpc) is 2.91. The molecule has 0 amide bonds. The first-order valence-corrected chi connectivity index (χ1v) is 13.2. The molecule has 0 saturated heterocycles. The summed E-state index contributed by atoms with van der Waals surface area (Å²) in [7, 11) is 0. The maximum absolute atomic E-state index is 11.6. The second-order valence-corrected chi connectivity index (χ2v) is 9.52. The molecule has 3 nitrogen and oxygen atoms in total. The Hall–Kier alpha value is -3.17. The lowest BCUT2D eigenvalue weighted by molar-refractivity contribution is -0.139. The molecule has 36 heavy (non-hydrogen) atoms. The fourth-order valence-corrected chi connectivity index (χ4v) is 4.53. The number of carbonyl (C=O) groups excluding carboxylic acids is 1. The zero-order valence-electron chi connectivity index (χ0n) is 22.1. The van der Waals surface area contributed by atoms with Gasteiger partial charge in [-0.05, 0) is 83.5 Å². The maximum Gasteiger partial charge on any atom is 0.335 e. The van der Waals surface area contributed by atoms with Crippen LogP contribution in [0.15, 0.2) is 72.8 Å². The lowest BCUT2D eigenvalue weighted by atomic mass is 9.91. The van der Waals surface area contributed by atoms with Gasteiger partial charge in [0.15, 0.2) is 0 Å². The number of aliphatic hydroxyl groups excluding tert-OH is 1. The van der Waals surface area contributed by atoms with Gasteiger partial charge in [0, 0.05) is 0 Å². The summed E-state index contributed by atoms with van der Waals surface area (Å²) in [6, 6.07) is 22.5. The quantitative estimate of drug-likeness (QED) is 0.154. The van der Waals surface area contributed by atoms with E-state index in [1.165, 1.54) is 63.8 Å². The highest BCUT2D eigenvalue weighted by Gasteiger charge is 2.10. The largest absolute Gasteiger partial charge is 0.462 e. The van der Waals surface area contributed by atoms with E-state index in [0.717, 1.165) is 25.7 Å². The summed E-state index contributed by atoms with van der Waals surface area (Å²) in [6.45, 7) is 10.0. The molecule has 0 heterocycles. The molecule has 190 valence electrons. The van der Waals surface area contributed by atoms with Crippen molar-refractivity contribution in [2.45, 2.75) is 65.7 Å². The van der Waals surface area contributed by atoms with E-state index in [2.05, 4.69) is 88.0 Å². The Labute approximate surface area is 216 Å². The van der Waals surface area contributed by atoms with Gasteiger partial charge in [-0.25, -0.2) is 4.79 Å². The van der Waals surface area contributed by atoms with Crippen molar-refractivity contribution in [2.24, 2.45) is 0 Å². The second-order valence-electron chi connectivity index (χ2n) is 9.52. The Balaban J connectivity index is 1.68. The van der Waals surface area contributed by atoms with Crippen LogP contribution in [0, 0.1) is 6.92 Å². The van der Waals surface area contributed by atoms with Crippen LogP contribution in [-0.4, -0.2) is 24.3 Å². The van der Waals surface area contributed by atoms with Crippen LogP contribution in [0.3, 0.4) is 0 Å². The predicted molar refractivity (Wildman–Crippen MR) is 150 cm³/mol. The molecule has 0 saturated carbocycles. The number of hydrogen-bond donors (Lipinski definition) is 1. The number of aryl methyl sites for hydroxylation is 4. The topological polar surface area (TPSA) is 46.5 Å². The number of unbranched alkanes of at least 4 members (excludes halogenated alkanes) is 2. The maximum atomic E-state index is 11.6. The molecule has 3 aromatic carbocycles. The molecule has 0 radical (unpaired) electrons. The van der Waals surface area contributed by atoms with Crippen LogP contribution < -0.4 is 0 Å². The Morgan fingerprint density at radius 3 is 2.22 bits per heavy atom. The number of esters is 1. The smallest absolute Gasteiger partial charge is 0.335 e. The molecule has 3 heteroatoms. The first kappa shape index (κ1) is 27.4. The molecule has 0 aliphatic carbocycles. The van der Waals surface area contributed by atoms with Gasteiger partial charge in [0.05, 0.1) is 18.8 Å². The van der Waals surface area contributed by atoms with Crippen LogP contribution in [0.4, 0.5) is 0 Å². The van der Waals surface area contributed by atoms with Crippen LogP contribution in [0.5, 0.6) is 0 Å². The van der Waals surface area contributed by atoms with Crippen LogP contribution in [0.2, 0.25) is 0 Å². The summed E-state index contributed by atoms with van der Waals surface area (Å²) in [4.78, 5) is 11.6. The van der Waals surface area contributed by atoms with Gasteiger partial charge in [-0.15, -0.1) is 0 Å². The van der Waals surface area contributed by atoms with Gasteiger partial charge >= 0.3 is 5.97 Å². The fraction of sp³-hybridized carbons (Fsp3) is 0.364. The SMILES string of the molecule is C=C(CO)C(=O)OCCCc1ccc(-c2ccc(-c3ccc(CCCCC)cc3)cc2CC)cc1C. The van der Waals surface area contributed by atoms with Gasteiger partial charge in [0.1, 0.15) is 0 Å². The fourth-order valence-electron chi connectivity index (χ4n) is 4.53. The molecular weight excluding hydrogens is 444 g/mol. The number of rotatable bonds is 13.